The molecule has 1 aliphatic heterocycles. The Kier molecular flexibility index (Phi) is 7.98. The summed E-state index contributed by atoms with van der Waals surface area (Å²) in [6, 6.07) is 9.56. The molecule has 0 N–H and O–H groups in total. The van der Waals surface area contributed by atoms with Gasteiger partial charge in [0.1, 0.15) is 0 Å². The fourth-order valence-corrected chi connectivity index (χ4v) is 9.69. The molecule has 1 nitrogen and oxygen atoms in total. The number of benzene rings is 2. The first-order chi connectivity index (χ1) is 18.4. The van der Waals surface area contributed by atoms with E-state index in [1.165, 1.54) is 123 Å². The lowest BCUT2D eigenvalue weighted by Crippen LogP contribution is -2.20. The van der Waals surface area contributed by atoms with E-state index in [0.29, 0.717) is 11.8 Å². The van der Waals surface area contributed by atoms with Gasteiger partial charge in [0.05, 0.1) is 15.2 Å². The van der Waals surface area contributed by atoms with Gasteiger partial charge < -0.3 is 0 Å². The molecule has 2 fully saturated rings. The topological polar surface area (TPSA) is 12.9 Å². The molecular formula is C34H40BrNS2. The van der Waals surface area contributed by atoms with E-state index < -0.39 is 0 Å². The van der Waals surface area contributed by atoms with Crippen molar-refractivity contribution >= 4 is 55.3 Å². The van der Waals surface area contributed by atoms with Gasteiger partial charge in [-0.15, -0.1) is 17.1 Å². The highest BCUT2D eigenvalue weighted by Crippen LogP contribution is 2.46. The number of halogens is 1. The smallest absolute Gasteiger partial charge is 0.0969 e. The Morgan fingerprint density at radius 2 is 1.47 bits per heavy atom. The summed E-state index contributed by atoms with van der Waals surface area (Å²) in [4.78, 5) is 8.10. The monoisotopic (exact) mass is 605 g/mol. The molecule has 2 aliphatic carbocycles. The summed E-state index contributed by atoms with van der Waals surface area (Å²) in [5.41, 5.74) is 10.2. The summed E-state index contributed by atoms with van der Waals surface area (Å²) in [6.07, 6.45) is 18.6. The molecule has 6 rings (SSSR count). The van der Waals surface area contributed by atoms with Crippen molar-refractivity contribution in [3.8, 4) is 0 Å². The van der Waals surface area contributed by atoms with Gasteiger partial charge in [-0.3, -0.25) is 0 Å². The van der Waals surface area contributed by atoms with Crippen LogP contribution >= 0.6 is 39.0 Å². The van der Waals surface area contributed by atoms with Crippen LogP contribution < -0.4 is 0 Å². The van der Waals surface area contributed by atoms with Gasteiger partial charge >= 0.3 is 0 Å². The first-order valence-electron chi connectivity index (χ1n) is 14.8. The molecular weight excluding hydrogens is 566 g/mol. The van der Waals surface area contributed by atoms with Gasteiger partial charge in [-0.2, -0.15) is 0 Å². The third-order valence-electron chi connectivity index (χ3n) is 9.22. The molecule has 1 aromatic heterocycles. The maximum atomic E-state index is 5.18. The molecule has 2 heterocycles. The first-order valence-corrected chi connectivity index (χ1v) is 17.2. The number of allylic oxidation sites excluding steroid dienone is 1. The van der Waals surface area contributed by atoms with Crippen LogP contribution in [0.1, 0.15) is 124 Å². The lowest BCUT2D eigenvalue weighted by Gasteiger charge is -2.29. The number of hydrogen-bond donors (Lipinski definition) is 0. The van der Waals surface area contributed by atoms with E-state index in [0.717, 1.165) is 5.52 Å². The Labute approximate surface area is 245 Å². The Morgan fingerprint density at radius 3 is 2.21 bits per heavy atom. The van der Waals surface area contributed by atoms with Crippen molar-refractivity contribution < 1.29 is 0 Å². The van der Waals surface area contributed by atoms with E-state index in [4.69, 9.17) is 4.98 Å². The molecule has 0 spiro atoms. The summed E-state index contributed by atoms with van der Waals surface area (Å²) in [6.45, 7) is 7.04. The van der Waals surface area contributed by atoms with Crippen molar-refractivity contribution in [2.24, 2.45) is 5.92 Å². The van der Waals surface area contributed by atoms with Crippen molar-refractivity contribution in [3.63, 3.8) is 0 Å². The van der Waals surface area contributed by atoms with Crippen LogP contribution in [0.25, 0.3) is 16.3 Å². The van der Waals surface area contributed by atoms with Gasteiger partial charge in [0.2, 0.25) is 0 Å². The van der Waals surface area contributed by atoms with Crippen molar-refractivity contribution in [1.82, 2.24) is 4.98 Å². The normalized spacial score (nSPS) is 19.7. The highest BCUT2D eigenvalue weighted by molar-refractivity contribution is 9.10. The lowest BCUT2D eigenvalue weighted by molar-refractivity contribution is 0.431. The maximum absolute atomic E-state index is 5.18. The third kappa shape index (κ3) is 5.36. The van der Waals surface area contributed by atoms with Crippen LogP contribution in [0.4, 0.5) is 0 Å². The number of thioether (sulfide) groups is 1. The zero-order valence-electron chi connectivity index (χ0n) is 23.2. The summed E-state index contributed by atoms with van der Waals surface area (Å²) >= 11 is 7.83. The van der Waals surface area contributed by atoms with Gasteiger partial charge in [0.25, 0.3) is 0 Å². The molecule has 4 heteroatoms. The second-order valence-electron chi connectivity index (χ2n) is 12.3. The number of fused-ring (bicyclic) bond motifs is 2. The number of aromatic nitrogens is 1. The lowest BCUT2D eigenvalue weighted by atomic mass is 9.77. The molecule has 38 heavy (non-hydrogen) atoms. The molecule has 0 bridgehead atoms. The van der Waals surface area contributed by atoms with Gasteiger partial charge in [0.15, 0.2) is 0 Å². The molecule has 2 saturated carbocycles. The van der Waals surface area contributed by atoms with E-state index in [1.807, 2.05) is 23.1 Å². The Hall–Kier alpha value is -1.32. The molecule has 3 aliphatic rings. The number of rotatable bonds is 4. The van der Waals surface area contributed by atoms with E-state index in [-0.39, 0.29) is 5.41 Å². The van der Waals surface area contributed by atoms with E-state index in [1.54, 1.807) is 0 Å². The zero-order valence-corrected chi connectivity index (χ0v) is 26.4. The SMILES string of the molecule is Cc1cc(C(C)(C)c2cc(Br)c3sc(C4CCCCC4)nc3c2)cc2c1SC(C1CCCCCCC1)=C=C2. The van der Waals surface area contributed by atoms with Crippen molar-refractivity contribution in [2.75, 3.05) is 0 Å². The molecule has 0 atom stereocenters. The quantitative estimate of drug-likeness (QED) is 0.274. The Morgan fingerprint density at radius 1 is 0.842 bits per heavy atom. The van der Waals surface area contributed by atoms with Crippen molar-refractivity contribution in [1.29, 1.82) is 0 Å². The minimum Gasteiger partial charge on any atom is -0.241 e. The summed E-state index contributed by atoms with van der Waals surface area (Å²) in [5, 5.41) is 1.34. The van der Waals surface area contributed by atoms with Crippen LogP contribution in [-0.2, 0) is 5.41 Å². The van der Waals surface area contributed by atoms with Crippen molar-refractivity contribution in [3.05, 3.63) is 66.6 Å². The molecule has 0 saturated heterocycles. The Balaban J connectivity index is 1.31. The first kappa shape index (κ1) is 26.9. The molecule has 0 amide bonds. The fourth-order valence-electron chi connectivity index (χ4n) is 6.68. The van der Waals surface area contributed by atoms with Crippen LogP contribution in [0.2, 0.25) is 0 Å². The fraction of sp³-hybridized carbons (Fsp3) is 0.529. The number of thiazole rings is 1. The van der Waals surface area contributed by atoms with Crippen molar-refractivity contribution in [2.45, 2.75) is 114 Å². The maximum Gasteiger partial charge on any atom is 0.0969 e. The predicted molar refractivity (Wildman–Crippen MR) is 170 cm³/mol. The highest BCUT2D eigenvalue weighted by atomic mass is 79.9. The molecule has 3 aromatic rings. The molecule has 0 unspecified atom stereocenters. The van der Waals surface area contributed by atoms with Gasteiger partial charge in [-0.25, -0.2) is 4.98 Å². The van der Waals surface area contributed by atoms with E-state index in [9.17, 15) is 0 Å². The summed E-state index contributed by atoms with van der Waals surface area (Å²) in [7, 11) is 0. The third-order valence-corrected chi connectivity index (χ3v) is 12.8. The molecule has 2 aromatic carbocycles. The second-order valence-corrected chi connectivity index (χ2v) is 15.3. The average molecular weight is 607 g/mol. The average Bonchev–Trinajstić information content (AvgIpc) is 3.34. The number of hydrogen-bond acceptors (Lipinski definition) is 3. The number of aryl methyl sites for hydroxylation is 1. The minimum atomic E-state index is -0.118. The Bertz CT molecular complexity index is 1390. The van der Waals surface area contributed by atoms with E-state index >= 15 is 0 Å². The second kappa shape index (κ2) is 11.3. The summed E-state index contributed by atoms with van der Waals surface area (Å²) in [5.74, 6) is 1.35. The predicted octanol–water partition coefficient (Wildman–Crippen LogP) is 11.7. The largest absolute Gasteiger partial charge is 0.241 e. The van der Waals surface area contributed by atoms with Crippen LogP contribution in [0.15, 0.2) is 44.3 Å². The van der Waals surface area contributed by atoms with Gasteiger partial charge in [-0.05, 0) is 101 Å². The van der Waals surface area contributed by atoms with E-state index in [2.05, 4.69) is 72.8 Å². The van der Waals surface area contributed by atoms with Crippen LogP contribution in [0.5, 0.6) is 0 Å². The van der Waals surface area contributed by atoms with Gasteiger partial charge in [-0.1, -0.05) is 83.0 Å². The minimum absolute atomic E-state index is 0.118. The number of nitrogens with zero attached hydrogens (tertiary/aromatic N) is 1. The van der Waals surface area contributed by atoms with Crippen LogP contribution in [-0.4, -0.2) is 4.98 Å². The molecule has 200 valence electrons. The summed E-state index contributed by atoms with van der Waals surface area (Å²) < 4.78 is 2.49. The molecule has 0 radical (unpaired) electrons. The van der Waals surface area contributed by atoms with Crippen LogP contribution in [0, 0.1) is 12.8 Å². The standard InChI is InChI=1S/C34H40BrNS2/c1-22-18-26(19-25-16-17-30(37-31(22)25)23-12-8-5-4-6-9-13-23)34(2,3)27-20-28(35)32-29(21-27)36-33(38-32)24-14-10-7-11-15-24/h16,18-21,23-24H,4-15H2,1-3H3. The highest BCUT2D eigenvalue weighted by Gasteiger charge is 2.29. The van der Waals surface area contributed by atoms with Gasteiger partial charge in [0, 0.05) is 25.6 Å². The zero-order chi connectivity index (χ0) is 26.3. The van der Waals surface area contributed by atoms with Crippen LogP contribution in [0.3, 0.4) is 0 Å².